The number of ether oxygens (including phenoxy) is 1. The summed E-state index contributed by atoms with van der Waals surface area (Å²) in [4.78, 5) is 0. The van der Waals surface area contributed by atoms with Gasteiger partial charge in [0.2, 0.25) is 0 Å². The number of hydrogen-bond donors (Lipinski definition) is 2. The van der Waals surface area contributed by atoms with E-state index in [4.69, 9.17) is 14.4 Å². The van der Waals surface area contributed by atoms with Gasteiger partial charge in [-0.2, -0.15) is 0 Å². The van der Waals surface area contributed by atoms with Gasteiger partial charge in [0.05, 0.1) is 0 Å². The van der Waals surface area contributed by atoms with Gasteiger partial charge in [-0.1, -0.05) is 0 Å². The van der Waals surface area contributed by atoms with Crippen LogP contribution in [0.4, 0.5) is 0 Å². The summed E-state index contributed by atoms with van der Waals surface area (Å²) in [7, 11) is 0. The SMILES string of the molecule is NC[I-][C@@H]1C(I)CO[C@@H]1C[I-]N. The third-order valence-corrected chi connectivity index (χ3v) is 8.76. The topological polar surface area (TPSA) is 61.3 Å². The van der Waals surface area contributed by atoms with Crippen LogP contribution in [-0.4, -0.2) is 29.5 Å². The summed E-state index contributed by atoms with van der Waals surface area (Å²) < 4.78 is 14.8. The van der Waals surface area contributed by atoms with E-state index in [2.05, 4.69) is 22.6 Å². The molecular weight excluding hydrogens is 497 g/mol. The summed E-state index contributed by atoms with van der Waals surface area (Å²) in [5.74, 6) is 0. The Kier molecular flexibility index (Phi) is 6.61. The summed E-state index contributed by atoms with van der Waals surface area (Å²) in [5, 5.41) is 0. The van der Waals surface area contributed by atoms with E-state index in [0.29, 0.717) is 10.0 Å². The van der Waals surface area contributed by atoms with Crippen molar-refractivity contribution in [1.82, 2.24) is 0 Å². The van der Waals surface area contributed by atoms with Crippen molar-refractivity contribution in [2.24, 2.45) is 9.68 Å². The van der Waals surface area contributed by atoms with E-state index in [1.54, 1.807) is 0 Å². The molecule has 1 unspecified atom stereocenters. The third-order valence-electron chi connectivity index (χ3n) is 1.68. The molecule has 1 rings (SSSR count). The van der Waals surface area contributed by atoms with Gasteiger partial charge in [-0.05, 0) is 0 Å². The molecule has 1 saturated heterocycles. The zero-order valence-corrected chi connectivity index (χ0v) is 13.0. The number of nitrogens with two attached hydrogens (primary N) is 2. The molecule has 0 saturated carbocycles. The number of rotatable bonds is 4. The molecule has 1 heterocycles. The van der Waals surface area contributed by atoms with Crippen LogP contribution in [0.3, 0.4) is 0 Å². The van der Waals surface area contributed by atoms with Crippen LogP contribution in [-0.2, 0) is 4.74 Å². The summed E-state index contributed by atoms with van der Waals surface area (Å²) >= 11 is 2.51. The fourth-order valence-electron chi connectivity index (χ4n) is 1.15. The molecule has 0 amide bonds. The standard InChI is InChI=1S/C6H13I3N2O/c7-4-2-12-5(1-9-11)6(4)8-3-10/h4-6H,1-3,10-11H2/q-2/t4?,5-,6-/m1/s1. The summed E-state index contributed by atoms with van der Waals surface area (Å²) in [5.41, 5.74) is 5.60. The number of halogens is 3. The van der Waals surface area contributed by atoms with Crippen molar-refractivity contribution in [2.75, 3.05) is 15.6 Å². The minimum absolute atomic E-state index is 0.115. The van der Waals surface area contributed by atoms with Crippen molar-refractivity contribution in [1.29, 1.82) is 0 Å². The Balaban J connectivity index is 2.39. The van der Waals surface area contributed by atoms with E-state index in [1.807, 2.05) is 0 Å². The van der Waals surface area contributed by atoms with Gasteiger partial charge in [-0.15, -0.1) is 0 Å². The van der Waals surface area contributed by atoms with Crippen molar-refractivity contribution in [3.05, 3.63) is 0 Å². The van der Waals surface area contributed by atoms with Gasteiger partial charge >= 0.3 is 109 Å². The molecule has 0 bridgehead atoms. The summed E-state index contributed by atoms with van der Waals surface area (Å²) in [6.45, 7) is 0.916. The molecule has 76 valence electrons. The van der Waals surface area contributed by atoms with Crippen LogP contribution in [0.1, 0.15) is 0 Å². The van der Waals surface area contributed by atoms with Crippen LogP contribution in [0.2, 0.25) is 0 Å². The molecule has 1 aliphatic heterocycles. The predicted molar refractivity (Wildman–Crippen MR) is 49.4 cm³/mol. The minimum atomic E-state index is -0.115. The first-order valence-electron chi connectivity index (χ1n) is 3.60. The molecule has 3 nitrogen and oxygen atoms in total. The first-order valence-corrected chi connectivity index (χ1v) is 10.4. The molecular formula is C6H13I3N2O-2. The van der Waals surface area contributed by atoms with E-state index in [0.717, 1.165) is 19.5 Å². The fourth-order valence-corrected chi connectivity index (χ4v) is 7.76. The van der Waals surface area contributed by atoms with Crippen LogP contribution in [0.5, 0.6) is 0 Å². The Labute approximate surface area is 108 Å². The molecule has 12 heavy (non-hydrogen) atoms. The Morgan fingerprint density at radius 1 is 1.58 bits per heavy atom. The molecule has 1 fully saturated rings. The molecule has 0 aliphatic carbocycles. The zero-order chi connectivity index (χ0) is 8.97. The van der Waals surface area contributed by atoms with Crippen molar-refractivity contribution in [3.63, 3.8) is 0 Å². The molecule has 0 aromatic rings. The van der Waals surface area contributed by atoms with Crippen LogP contribution >= 0.6 is 22.6 Å². The normalized spacial score (nSPS) is 36.4. The molecule has 3 atom stereocenters. The molecule has 0 radical (unpaired) electrons. The molecule has 1 aliphatic rings. The van der Waals surface area contributed by atoms with Gasteiger partial charge in [0.15, 0.2) is 0 Å². The van der Waals surface area contributed by atoms with Gasteiger partial charge in [0, 0.05) is 0 Å². The fraction of sp³-hybridized carbons (Fsp3) is 1.00. The quantitative estimate of drug-likeness (QED) is 0.172. The van der Waals surface area contributed by atoms with Gasteiger partial charge < -0.3 is 0 Å². The number of alkyl halides is 4. The third kappa shape index (κ3) is 3.33. The molecule has 0 aromatic carbocycles. The average molecular weight is 510 g/mol. The molecule has 0 aromatic heterocycles. The second kappa shape index (κ2) is 6.53. The van der Waals surface area contributed by atoms with Crippen molar-refractivity contribution >= 4 is 22.6 Å². The van der Waals surface area contributed by atoms with E-state index in [-0.39, 0.29) is 42.7 Å². The van der Waals surface area contributed by atoms with Gasteiger partial charge in [-0.25, -0.2) is 0 Å². The molecule has 6 heteroatoms. The monoisotopic (exact) mass is 510 g/mol. The Morgan fingerprint density at radius 2 is 2.33 bits per heavy atom. The number of hydrogen-bond acceptors (Lipinski definition) is 3. The Morgan fingerprint density at radius 3 is 2.92 bits per heavy atom. The second-order valence-corrected chi connectivity index (χ2v) is 9.01. The van der Waals surface area contributed by atoms with E-state index >= 15 is 0 Å². The Hall–Kier alpha value is 2.07. The maximum atomic E-state index is 5.68. The van der Waals surface area contributed by atoms with Crippen LogP contribution in [0, 0.1) is 0 Å². The first-order chi connectivity index (χ1) is 5.79. The second-order valence-electron chi connectivity index (χ2n) is 2.45. The van der Waals surface area contributed by atoms with E-state index in [1.165, 1.54) is 0 Å². The van der Waals surface area contributed by atoms with Crippen LogP contribution in [0.15, 0.2) is 0 Å². The van der Waals surface area contributed by atoms with Crippen LogP contribution < -0.4 is 52.4 Å². The summed E-state index contributed by atoms with van der Waals surface area (Å²) in [6, 6.07) is 0. The first kappa shape index (κ1) is 12.1. The van der Waals surface area contributed by atoms with Gasteiger partial charge in [0.25, 0.3) is 0 Å². The average Bonchev–Trinajstić information content (AvgIpc) is 2.37. The molecule has 0 spiro atoms. The van der Waals surface area contributed by atoms with Crippen molar-refractivity contribution < 1.29 is 47.4 Å². The predicted octanol–water partition coefficient (Wildman–Crippen LogP) is -6.47. The van der Waals surface area contributed by atoms with Crippen LogP contribution in [0.25, 0.3) is 0 Å². The van der Waals surface area contributed by atoms with Crippen molar-refractivity contribution in [2.45, 2.75) is 14.0 Å². The molecule has 4 N–H and O–H groups in total. The van der Waals surface area contributed by atoms with Gasteiger partial charge in [0.1, 0.15) is 0 Å². The van der Waals surface area contributed by atoms with E-state index < -0.39 is 0 Å². The summed E-state index contributed by atoms with van der Waals surface area (Å²) in [6.07, 6.45) is 0.459. The zero-order valence-electron chi connectivity index (χ0n) is 6.55. The maximum absolute atomic E-state index is 5.68. The van der Waals surface area contributed by atoms with E-state index in [9.17, 15) is 0 Å². The van der Waals surface area contributed by atoms with Crippen molar-refractivity contribution in [3.8, 4) is 0 Å². The Bertz CT molecular complexity index is 136. The van der Waals surface area contributed by atoms with Gasteiger partial charge in [-0.3, -0.25) is 0 Å².